The minimum Gasteiger partial charge on any atom is -0.377 e. The molecule has 7 rings (SSSR count). The molecule has 0 radical (unpaired) electrons. The maximum Gasteiger partial charge on any atom is 0.339 e. The van der Waals surface area contributed by atoms with E-state index in [2.05, 4.69) is 30.4 Å². The summed E-state index contributed by atoms with van der Waals surface area (Å²) in [7, 11) is -9.06. The molecule has 0 bridgehead atoms. The van der Waals surface area contributed by atoms with E-state index >= 15 is 0 Å². The van der Waals surface area contributed by atoms with Gasteiger partial charge in [0.05, 0.1) is 32.6 Å². The van der Waals surface area contributed by atoms with Gasteiger partial charge in [-0.1, -0.05) is 23.2 Å². The van der Waals surface area contributed by atoms with Crippen LogP contribution in [0.15, 0.2) is 152 Å². The predicted octanol–water partition coefficient (Wildman–Crippen LogP) is 10.3. The molecule has 290 valence electrons. The van der Waals surface area contributed by atoms with Gasteiger partial charge in [0.2, 0.25) is 0 Å². The van der Waals surface area contributed by atoms with Crippen LogP contribution in [0.1, 0.15) is 0 Å². The third kappa shape index (κ3) is 8.25. The zero-order valence-electron chi connectivity index (χ0n) is 28.8. The summed E-state index contributed by atoms with van der Waals surface area (Å²) in [5, 5.41) is 40.1. The van der Waals surface area contributed by atoms with Gasteiger partial charge in [-0.25, -0.2) is 0 Å². The standard InChI is InChI=1S/C36H20Cl2N8O10S2/c37-27-11-9-23(19-31(27)45(47)48)57(51,52)55-33-15-13-29(25-3-1-17-39-35(25)33)43-41-21-5-7-22(8-6-21)42-44-30-14-16-34(36-26(30)4-2-18-40-36)56-58(53,54)24-10-12-28(38)32(20-24)46(49)50/h1-20H. The van der Waals surface area contributed by atoms with Crippen molar-refractivity contribution in [2.24, 2.45) is 20.5 Å². The molecular weight excluding hydrogens is 839 g/mol. The molecule has 5 aromatic carbocycles. The Bertz CT molecular complexity index is 2890. The molecule has 22 heteroatoms. The fourth-order valence-corrected chi connectivity index (χ4v) is 7.58. The number of halogens is 2. The molecule has 0 spiro atoms. The zero-order chi connectivity index (χ0) is 41.2. The molecule has 0 aliphatic rings. The highest BCUT2D eigenvalue weighted by atomic mass is 35.5. The second-order valence-electron chi connectivity index (χ2n) is 11.7. The van der Waals surface area contributed by atoms with Gasteiger partial charge >= 0.3 is 20.2 Å². The Hall–Kier alpha value is -7.00. The average molecular weight is 860 g/mol. The Kier molecular flexibility index (Phi) is 10.7. The van der Waals surface area contributed by atoms with Crippen molar-refractivity contribution in [3.63, 3.8) is 0 Å². The first-order valence-electron chi connectivity index (χ1n) is 16.2. The lowest BCUT2D eigenvalue weighted by molar-refractivity contribution is -0.385. The van der Waals surface area contributed by atoms with E-state index in [0.29, 0.717) is 33.5 Å². The number of fused-ring (bicyclic) bond motifs is 2. The summed E-state index contributed by atoms with van der Waals surface area (Å²) in [6.07, 6.45) is 2.85. The van der Waals surface area contributed by atoms with Crippen LogP contribution < -0.4 is 8.37 Å². The zero-order valence-corrected chi connectivity index (χ0v) is 31.9. The molecule has 2 heterocycles. The fourth-order valence-electron chi connectivity index (χ4n) is 5.29. The lowest BCUT2D eigenvalue weighted by Crippen LogP contribution is -2.10. The number of nitro benzene ring substituents is 2. The third-order valence-electron chi connectivity index (χ3n) is 8.02. The van der Waals surface area contributed by atoms with E-state index in [0.717, 1.165) is 36.4 Å². The molecule has 0 unspecified atom stereocenters. The van der Waals surface area contributed by atoms with Crippen LogP contribution in [0.4, 0.5) is 34.1 Å². The first-order chi connectivity index (χ1) is 27.7. The highest BCUT2D eigenvalue weighted by molar-refractivity contribution is 7.87. The second-order valence-corrected chi connectivity index (χ2v) is 15.6. The first-order valence-corrected chi connectivity index (χ1v) is 19.7. The van der Waals surface area contributed by atoms with Gasteiger partial charge in [-0.05, 0) is 97.1 Å². The number of rotatable bonds is 12. The molecule has 0 fully saturated rings. The smallest absolute Gasteiger partial charge is 0.339 e. The summed E-state index contributed by atoms with van der Waals surface area (Å²) >= 11 is 11.7. The van der Waals surface area contributed by atoms with E-state index in [1.165, 1.54) is 36.7 Å². The summed E-state index contributed by atoms with van der Waals surface area (Å²) in [4.78, 5) is 28.5. The molecular formula is C36H20Cl2N8O10S2. The van der Waals surface area contributed by atoms with Crippen LogP contribution in [0.25, 0.3) is 21.8 Å². The van der Waals surface area contributed by atoms with E-state index in [4.69, 9.17) is 31.6 Å². The Labute approximate surface area is 336 Å². The molecule has 18 nitrogen and oxygen atoms in total. The lowest BCUT2D eigenvalue weighted by Gasteiger charge is -2.10. The molecule has 0 aliphatic carbocycles. The molecule has 58 heavy (non-hydrogen) atoms. The number of nitrogens with zero attached hydrogens (tertiary/aromatic N) is 8. The van der Waals surface area contributed by atoms with E-state index < -0.39 is 51.2 Å². The molecule has 2 aromatic heterocycles. The minimum atomic E-state index is -4.53. The normalized spacial score (nSPS) is 12.0. The van der Waals surface area contributed by atoms with Crippen LogP contribution in [0.5, 0.6) is 11.5 Å². The second kappa shape index (κ2) is 15.9. The van der Waals surface area contributed by atoms with Gasteiger partial charge in [0, 0.05) is 35.3 Å². The minimum absolute atomic E-state index is 0.138. The van der Waals surface area contributed by atoms with E-state index in [1.807, 2.05) is 0 Å². The Morgan fingerprint density at radius 2 is 0.931 bits per heavy atom. The van der Waals surface area contributed by atoms with Crippen LogP contribution in [-0.2, 0) is 20.2 Å². The number of hydrogen-bond donors (Lipinski definition) is 0. The summed E-state index contributed by atoms with van der Waals surface area (Å²) in [5.41, 5.74) is 0.575. The summed E-state index contributed by atoms with van der Waals surface area (Å²) in [6.45, 7) is 0. The number of benzene rings is 5. The van der Waals surface area contributed by atoms with Crippen LogP contribution >= 0.6 is 23.2 Å². The molecule has 0 amide bonds. The van der Waals surface area contributed by atoms with Gasteiger partial charge in [-0.3, -0.25) is 30.2 Å². The van der Waals surface area contributed by atoms with E-state index in [-0.39, 0.29) is 32.6 Å². The van der Waals surface area contributed by atoms with Crippen LogP contribution in [0.3, 0.4) is 0 Å². The number of pyridine rings is 2. The van der Waals surface area contributed by atoms with Crippen molar-refractivity contribution in [3.05, 3.63) is 152 Å². The van der Waals surface area contributed by atoms with E-state index in [9.17, 15) is 37.1 Å². The van der Waals surface area contributed by atoms with Crippen molar-refractivity contribution < 1.29 is 35.0 Å². The molecule has 0 saturated carbocycles. The maximum atomic E-state index is 13.1. The number of hydrogen-bond acceptors (Lipinski definition) is 16. The fraction of sp³-hybridized carbons (Fsp3) is 0. The summed E-state index contributed by atoms with van der Waals surface area (Å²) in [6, 6.07) is 24.5. The molecule has 0 N–H and O–H groups in total. The topological polar surface area (TPSA) is 248 Å². The Morgan fingerprint density at radius 3 is 1.31 bits per heavy atom. The number of nitro groups is 2. The van der Waals surface area contributed by atoms with Gasteiger partial charge in [0.25, 0.3) is 11.4 Å². The first kappa shape index (κ1) is 39.2. The summed E-state index contributed by atoms with van der Waals surface area (Å²) < 4.78 is 62.9. The monoisotopic (exact) mass is 858 g/mol. The molecule has 0 saturated heterocycles. The highest BCUT2D eigenvalue weighted by Gasteiger charge is 2.25. The molecule has 7 aromatic rings. The van der Waals surface area contributed by atoms with Crippen molar-refractivity contribution in [1.82, 2.24) is 9.97 Å². The van der Waals surface area contributed by atoms with Crippen molar-refractivity contribution in [1.29, 1.82) is 0 Å². The summed E-state index contributed by atoms with van der Waals surface area (Å²) in [5.74, 6) is -0.298. The van der Waals surface area contributed by atoms with Crippen LogP contribution in [0.2, 0.25) is 10.0 Å². The average Bonchev–Trinajstić information content (AvgIpc) is 3.20. The maximum absolute atomic E-state index is 13.1. The number of azo groups is 2. The van der Waals surface area contributed by atoms with Crippen LogP contribution in [-0.4, -0.2) is 36.7 Å². The van der Waals surface area contributed by atoms with E-state index in [1.54, 1.807) is 48.5 Å². The van der Waals surface area contributed by atoms with Crippen molar-refractivity contribution in [3.8, 4) is 11.5 Å². The Balaban J connectivity index is 1.08. The lowest BCUT2D eigenvalue weighted by atomic mass is 10.2. The van der Waals surface area contributed by atoms with Gasteiger partial charge in [0.15, 0.2) is 11.5 Å². The number of aromatic nitrogens is 2. The molecule has 0 aliphatic heterocycles. The van der Waals surface area contributed by atoms with Crippen molar-refractivity contribution >= 4 is 99.4 Å². The van der Waals surface area contributed by atoms with Gasteiger partial charge in [-0.2, -0.15) is 27.1 Å². The predicted molar refractivity (Wildman–Crippen MR) is 210 cm³/mol. The third-order valence-corrected chi connectivity index (χ3v) is 11.1. The van der Waals surface area contributed by atoms with Gasteiger partial charge in [-0.15, -0.1) is 10.2 Å². The highest BCUT2D eigenvalue weighted by Crippen LogP contribution is 2.37. The van der Waals surface area contributed by atoms with Gasteiger partial charge < -0.3 is 8.37 Å². The van der Waals surface area contributed by atoms with Crippen LogP contribution in [0, 0.1) is 20.2 Å². The van der Waals surface area contributed by atoms with Crippen molar-refractivity contribution in [2.75, 3.05) is 0 Å². The SMILES string of the molecule is O=[N+]([O-])c1cc(S(=O)(=O)Oc2ccc(N=Nc3ccc(N=Nc4ccc(OS(=O)(=O)c5ccc(Cl)c([N+](=O)[O-])c5)c5ncccc45)cc3)c3cccnc23)ccc1Cl. The van der Waals surface area contributed by atoms with Crippen molar-refractivity contribution in [2.45, 2.75) is 9.79 Å². The largest absolute Gasteiger partial charge is 0.377 e. The molecule has 0 atom stereocenters. The van der Waals surface area contributed by atoms with Gasteiger partial charge in [0.1, 0.15) is 30.9 Å². The Morgan fingerprint density at radius 1 is 0.534 bits per heavy atom. The quantitative estimate of drug-likeness (QED) is 0.0481.